The molecular weight excluding hydrogens is 873 g/mol. The van der Waals surface area contributed by atoms with Gasteiger partial charge in [-0.05, 0) is 106 Å². The molecule has 0 N–H and O–H groups in total. The summed E-state index contributed by atoms with van der Waals surface area (Å²) in [5, 5.41) is 0. The van der Waals surface area contributed by atoms with Crippen molar-refractivity contribution in [1.29, 1.82) is 0 Å². The number of hydrogen-bond donors (Lipinski definition) is 0. The molecule has 70 heavy (non-hydrogen) atoms. The fourth-order valence-corrected chi connectivity index (χ4v) is 7.95. The van der Waals surface area contributed by atoms with Crippen LogP contribution in [0.5, 0.6) is 23.0 Å². The molecule has 0 aliphatic heterocycles. The Morgan fingerprint density at radius 3 is 0.757 bits per heavy atom. The van der Waals surface area contributed by atoms with E-state index in [1.165, 1.54) is 0 Å². The highest BCUT2D eigenvalue weighted by Crippen LogP contribution is 2.31. The monoisotopic (exact) mass is 930 g/mol. The highest BCUT2D eigenvalue weighted by atomic mass is 16.5. The van der Waals surface area contributed by atoms with Crippen molar-refractivity contribution in [3.63, 3.8) is 0 Å². The Morgan fingerprint density at radius 1 is 0.300 bits per heavy atom. The summed E-state index contributed by atoms with van der Waals surface area (Å²) in [6.45, 7) is 2.15. The molecule has 354 valence electrons. The first-order valence-electron chi connectivity index (χ1n) is 23.9. The van der Waals surface area contributed by atoms with Gasteiger partial charge >= 0.3 is 11.9 Å². The summed E-state index contributed by atoms with van der Waals surface area (Å²) in [5.74, 6) is 1.90. The number of ether oxygens (including phenoxy) is 6. The molecule has 8 heteroatoms. The van der Waals surface area contributed by atoms with Crippen LogP contribution in [0.25, 0.3) is 0 Å². The molecule has 0 fully saturated rings. The van der Waals surface area contributed by atoms with Gasteiger partial charge in [0.2, 0.25) is 0 Å². The lowest BCUT2D eigenvalue weighted by atomic mass is 9.92. The zero-order chi connectivity index (χ0) is 48.0. The highest BCUT2D eigenvalue weighted by Gasteiger charge is 2.20. The molecule has 8 nitrogen and oxygen atoms in total. The third kappa shape index (κ3) is 15.2. The van der Waals surface area contributed by atoms with Crippen LogP contribution in [0.1, 0.15) is 82.0 Å². The number of esters is 2. The summed E-state index contributed by atoms with van der Waals surface area (Å²) in [6, 6.07) is 71.9. The topological polar surface area (TPSA) is 89.5 Å². The number of carbonyl (C=O) groups excluding carboxylic acids is 2. The zero-order valence-electron chi connectivity index (χ0n) is 39.3. The fraction of sp³-hybridized carbons (Fsp3) is 0.194. The zero-order valence-corrected chi connectivity index (χ0v) is 39.3. The van der Waals surface area contributed by atoms with Gasteiger partial charge in [-0.2, -0.15) is 0 Å². The van der Waals surface area contributed by atoms with Crippen molar-refractivity contribution >= 4 is 11.9 Å². The summed E-state index contributed by atoms with van der Waals surface area (Å²) < 4.78 is 36.1. The summed E-state index contributed by atoms with van der Waals surface area (Å²) in [7, 11) is 0. The molecule has 8 aromatic rings. The van der Waals surface area contributed by atoms with Crippen molar-refractivity contribution in [3.05, 3.63) is 263 Å². The van der Waals surface area contributed by atoms with Crippen LogP contribution in [0, 0.1) is 0 Å². The second kappa shape index (κ2) is 25.9. The molecule has 0 unspecified atom stereocenters. The first kappa shape index (κ1) is 48.4. The Balaban J connectivity index is 0.839. The summed E-state index contributed by atoms with van der Waals surface area (Å²) >= 11 is 0. The van der Waals surface area contributed by atoms with E-state index in [9.17, 15) is 9.59 Å². The van der Waals surface area contributed by atoms with Gasteiger partial charge < -0.3 is 28.4 Å². The quantitative estimate of drug-likeness (QED) is 0.0414. The minimum atomic E-state index is -0.323. The normalized spacial score (nSPS) is 10.9. The smallest absolute Gasteiger partial charge is 0.305 e. The van der Waals surface area contributed by atoms with Gasteiger partial charge in [0.15, 0.2) is 0 Å². The summed E-state index contributed by atoms with van der Waals surface area (Å²) in [6.07, 6.45) is 1.33. The van der Waals surface area contributed by atoms with Gasteiger partial charge in [-0.15, -0.1) is 0 Å². The van der Waals surface area contributed by atoms with Crippen LogP contribution in [0.4, 0.5) is 0 Å². The van der Waals surface area contributed by atoms with Crippen LogP contribution in [-0.4, -0.2) is 25.2 Å². The van der Waals surface area contributed by atoms with Crippen LogP contribution in [0.15, 0.2) is 218 Å². The molecule has 0 aliphatic rings. The van der Waals surface area contributed by atoms with Gasteiger partial charge in [-0.1, -0.05) is 170 Å². The van der Waals surface area contributed by atoms with Crippen molar-refractivity contribution in [1.82, 2.24) is 0 Å². The number of hydrogen-bond acceptors (Lipinski definition) is 8. The van der Waals surface area contributed by atoms with Gasteiger partial charge in [0.1, 0.15) is 62.6 Å². The standard InChI is InChI=1S/C62H58O8/c63-61(69-45-59(51-25-33-55(34-26-51)65-41-47-15-5-1-6-16-47)52-27-35-56(36-28-52)66-42-48-17-7-2-8-18-48)23-13-14-24-62(64)70-46-60(53-29-37-57(38-30-53)67-43-49-19-9-3-10-20-49)54-31-39-58(40-32-54)68-44-50-21-11-4-12-22-50/h1-12,15-22,25-40,59-60H,13-14,23-24,41-46H2. The lowest BCUT2D eigenvalue weighted by molar-refractivity contribution is -0.146. The van der Waals surface area contributed by atoms with E-state index >= 15 is 0 Å². The van der Waals surface area contributed by atoms with E-state index < -0.39 is 0 Å². The Kier molecular flexibility index (Phi) is 17.9. The Morgan fingerprint density at radius 2 is 0.529 bits per heavy atom. The molecule has 0 saturated carbocycles. The Bertz CT molecular complexity index is 2390. The minimum Gasteiger partial charge on any atom is -0.489 e. The number of rotatable bonds is 25. The summed E-state index contributed by atoms with van der Waals surface area (Å²) in [5.41, 5.74) is 8.28. The predicted octanol–water partition coefficient (Wildman–Crippen LogP) is 13.6. The molecule has 0 aromatic heterocycles. The lowest BCUT2D eigenvalue weighted by Crippen LogP contribution is -2.15. The van der Waals surface area contributed by atoms with Gasteiger partial charge in [0.05, 0.1) is 0 Å². The third-order valence-corrected chi connectivity index (χ3v) is 12.0. The average Bonchev–Trinajstić information content (AvgIpc) is 3.42. The van der Waals surface area contributed by atoms with Crippen molar-refractivity contribution in [2.45, 2.75) is 63.9 Å². The van der Waals surface area contributed by atoms with Gasteiger partial charge in [-0.25, -0.2) is 0 Å². The average molecular weight is 931 g/mol. The van der Waals surface area contributed by atoms with E-state index in [1.54, 1.807) is 0 Å². The first-order valence-corrected chi connectivity index (χ1v) is 23.9. The molecule has 0 aliphatic carbocycles. The van der Waals surface area contributed by atoms with Gasteiger partial charge in [0.25, 0.3) is 0 Å². The third-order valence-electron chi connectivity index (χ3n) is 12.0. The van der Waals surface area contributed by atoms with E-state index in [-0.39, 0.29) is 49.8 Å². The maximum atomic E-state index is 13.2. The Hall–Kier alpha value is -8.10. The first-order chi connectivity index (χ1) is 34.5. The Labute approximate surface area is 411 Å². The summed E-state index contributed by atoms with van der Waals surface area (Å²) in [4.78, 5) is 26.4. The SMILES string of the molecule is O=C(CCCCC(=O)OCC(c1ccc(OCc2ccccc2)cc1)c1ccc(OCc2ccccc2)cc1)OCC(c1ccc(OCc2ccccc2)cc1)c1ccc(OCc2ccccc2)cc1. The molecule has 0 heterocycles. The fourth-order valence-electron chi connectivity index (χ4n) is 7.95. The predicted molar refractivity (Wildman–Crippen MR) is 273 cm³/mol. The van der Waals surface area contributed by atoms with E-state index in [0.717, 1.165) is 67.5 Å². The number of benzene rings is 8. The largest absolute Gasteiger partial charge is 0.489 e. The van der Waals surface area contributed by atoms with Gasteiger partial charge in [0, 0.05) is 24.7 Å². The van der Waals surface area contributed by atoms with E-state index in [4.69, 9.17) is 28.4 Å². The van der Waals surface area contributed by atoms with Gasteiger partial charge in [-0.3, -0.25) is 9.59 Å². The van der Waals surface area contributed by atoms with Crippen LogP contribution in [0.2, 0.25) is 0 Å². The number of unbranched alkanes of at least 4 members (excludes halogenated alkanes) is 1. The molecule has 0 radical (unpaired) electrons. The van der Waals surface area contributed by atoms with Crippen LogP contribution < -0.4 is 18.9 Å². The van der Waals surface area contributed by atoms with Crippen LogP contribution in [0.3, 0.4) is 0 Å². The number of carbonyl (C=O) groups is 2. The molecule has 0 atom stereocenters. The molecule has 0 spiro atoms. The van der Waals surface area contributed by atoms with Crippen LogP contribution in [-0.2, 0) is 45.5 Å². The molecule has 8 aromatic carbocycles. The molecular formula is C62H58O8. The van der Waals surface area contributed by atoms with Crippen molar-refractivity contribution < 1.29 is 38.0 Å². The van der Waals surface area contributed by atoms with Crippen molar-refractivity contribution in [2.75, 3.05) is 13.2 Å². The van der Waals surface area contributed by atoms with Crippen molar-refractivity contribution in [2.24, 2.45) is 0 Å². The maximum Gasteiger partial charge on any atom is 0.305 e. The second-order valence-electron chi connectivity index (χ2n) is 17.1. The molecule has 0 saturated heterocycles. The maximum absolute atomic E-state index is 13.2. The van der Waals surface area contributed by atoms with E-state index in [2.05, 4.69) is 0 Å². The molecule has 0 amide bonds. The highest BCUT2D eigenvalue weighted by molar-refractivity contribution is 5.71. The van der Waals surface area contributed by atoms with E-state index in [0.29, 0.717) is 39.3 Å². The van der Waals surface area contributed by atoms with Crippen LogP contribution >= 0.6 is 0 Å². The van der Waals surface area contributed by atoms with E-state index in [1.807, 2.05) is 218 Å². The second-order valence-corrected chi connectivity index (χ2v) is 17.1. The lowest BCUT2D eigenvalue weighted by Gasteiger charge is -2.20. The minimum absolute atomic E-state index is 0.150. The molecule has 0 bridgehead atoms. The van der Waals surface area contributed by atoms with Crippen molar-refractivity contribution in [3.8, 4) is 23.0 Å². The molecule has 8 rings (SSSR count).